The minimum absolute atomic E-state index is 0.133. The Hall–Kier alpha value is -2.27. The Balaban J connectivity index is 1.47. The van der Waals surface area contributed by atoms with Gasteiger partial charge in [0, 0.05) is 25.1 Å². The number of hydrogen-bond acceptors (Lipinski definition) is 9. The summed E-state index contributed by atoms with van der Waals surface area (Å²) in [5, 5.41) is 24.4. The van der Waals surface area contributed by atoms with Gasteiger partial charge in [0.2, 0.25) is 5.95 Å². The zero-order valence-electron chi connectivity index (χ0n) is 17.6. The predicted octanol–water partition coefficient (Wildman–Crippen LogP) is 3.98. The summed E-state index contributed by atoms with van der Waals surface area (Å²) in [4.78, 5) is 21.5. The first-order valence-corrected chi connectivity index (χ1v) is 12.1. The summed E-state index contributed by atoms with van der Waals surface area (Å²) in [7, 11) is 1.60. The third-order valence-corrected chi connectivity index (χ3v) is 7.15. The number of aliphatic hydroxyl groups is 1. The number of methoxy groups -OCH3 is 1. The molecule has 1 amide bonds. The molecule has 0 bridgehead atoms. The van der Waals surface area contributed by atoms with Crippen molar-refractivity contribution in [1.29, 1.82) is 0 Å². The number of nitrogens with zero attached hydrogens (tertiary/aromatic N) is 2. The van der Waals surface area contributed by atoms with Gasteiger partial charge in [-0.05, 0) is 50.1 Å². The van der Waals surface area contributed by atoms with Crippen molar-refractivity contribution < 1.29 is 14.6 Å². The van der Waals surface area contributed by atoms with E-state index < -0.39 is 5.60 Å². The van der Waals surface area contributed by atoms with Crippen LogP contribution in [0, 0.1) is 0 Å². The smallest absolute Gasteiger partial charge is 0.252 e. The van der Waals surface area contributed by atoms with Crippen molar-refractivity contribution in [1.82, 2.24) is 15.3 Å². The highest BCUT2D eigenvalue weighted by atomic mass is 32.1. The molecule has 8 nitrogen and oxygen atoms in total. The number of rotatable bonds is 8. The molecule has 3 aromatic heterocycles. The molecule has 31 heavy (non-hydrogen) atoms. The molecule has 166 valence electrons. The minimum Gasteiger partial charge on any atom is -0.390 e. The fraction of sp³-hybridized carbons (Fsp3) is 0.476. The van der Waals surface area contributed by atoms with Crippen LogP contribution in [0.3, 0.4) is 0 Å². The second kappa shape index (κ2) is 9.47. The molecule has 1 saturated carbocycles. The number of thiophene rings is 2. The maximum atomic E-state index is 12.2. The maximum Gasteiger partial charge on any atom is 0.252 e. The van der Waals surface area contributed by atoms with Crippen molar-refractivity contribution in [2.24, 2.45) is 0 Å². The van der Waals surface area contributed by atoms with Crippen LogP contribution in [0.2, 0.25) is 0 Å². The number of carbonyl (C=O) groups is 1. The van der Waals surface area contributed by atoms with Gasteiger partial charge in [-0.3, -0.25) is 4.79 Å². The largest absolute Gasteiger partial charge is 0.390 e. The summed E-state index contributed by atoms with van der Waals surface area (Å²) in [5.41, 5.74) is 0.899. The first kappa shape index (κ1) is 21.9. The third kappa shape index (κ3) is 5.51. The van der Waals surface area contributed by atoms with Gasteiger partial charge in [0.15, 0.2) is 0 Å². The molecule has 1 aliphatic rings. The average Bonchev–Trinajstić information content (AvgIpc) is 3.39. The highest BCUT2D eigenvalue weighted by Crippen LogP contribution is 2.33. The van der Waals surface area contributed by atoms with Crippen LogP contribution in [0.1, 0.15) is 43.0 Å². The molecule has 3 heterocycles. The molecule has 4 N–H and O–H groups in total. The lowest BCUT2D eigenvalue weighted by molar-refractivity contribution is 0.0196. The van der Waals surface area contributed by atoms with Crippen molar-refractivity contribution in [3.8, 4) is 0 Å². The fourth-order valence-corrected chi connectivity index (χ4v) is 5.15. The van der Waals surface area contributed by atoms with Crippen molar-refractivity contribution in [3.63, 3.8) is 0 Å². The van der Waals surface area contributed by atoms with Gasteiger partial charge in [-0.15, -0.1) is 22.7 Å². The Bertz CT molecular complexity index is 1040. The number of hydrogen-bond donors (Lipinski definition) is 4. The van der Waals surface area contributed by atoms with Gasteiger partial charge in [0.25, 0.3) is 5.91 Å². The van der Waals surface area contributed by atoms with Gasteiger partial charge in [0.1, 0.15) is 5.82 Å². The zero-order valence-corrected chi connectivity index (χ0v) is 19.2. The van der Waals surface area contributed by atoms with Crippen LogP contribution >= 0.6 is 22.7 Å². The SMILES string of the molecule is COCCNC(=O)c1csc(Nc2nc(N[C@H]3CC[C@](C)(O)CC3)c3sccc3n2)c1. The van der Waals surface area contributed by atoms with Crippen LogP contribution in [-0.2, 0) is 4.74 Å². The van der Waals surface area contributed by atoms with Gasteiger partial charge < -0.3 is 25.8 Å². The lowest BCUT2D eigenvalue weighted by Gasteiger charge is -2.33. The first-order valence-electron chi connectivity index (χ1n) is 10.3. The van der Waals surface area contributed by atoms with E-state index in [1.807, 2.05) is 18.4 Å². The Morgan fingerprint density at radius 3 is 2.90 bits per heavy atom. The van der Waals surface area contributed by atoms with E-state index >= 15 is 0 Å². The van der Waals surface area contributed by atoms with Crippen LogP contribution in [0.25, 0.3) is 10.2 Å². The lowest BCUT2D eigenvalue weighted by atomic mass is 9.84. The van der Waals surface area contributed by atoms with E-state index in [2.05, 4.69) is 20.9 Å². The molecular weight excluding hydrogens is 434 g/mol. The zero-order chi connectivity index (χ0) is 21.8. The molecule has 3 aromatic rings. The molecule has 1 fully saturated rings. The number of anilines is 3. The van der Waals surface area contributed by atoms with Gasteiger partial charge in [-0.2, -0.15) is 4.98 Å². The number of amides is 1. The minimum atomic E-state index is -0.568. The van der Waals surface area contributed by atoms with Crippen molar-refractivity contribution in [2.45, 2.75) is 44.2 Å². The van der Waals surface area contributed by atoms with Crippen molar-refractivity contribution >= 4 is 55.6 Å². The van der Waals surface area contributed by atoms with E-state index in [-0.39, 0.29) is 11.9 Å². The highest BCUT2D eigenvalue weighted by Gasteiger charge is 2.29. The maximum absolute atomic E-state index is 12.2. The Labute approximate surface area is 189 Å². The van der Waals surface area contributed by atoms with Gasteiger partial charge >= 0.3 is 0 Å². The highest BCUT2D eigenvalue weighted by molar-refractivity contribution is 7.17. The summed E-state index contributed by atoms with van der Waals surface area (Å²) in [6, 6.07) is 4.05. The molecule has 0 atom stereocenters. The number of carbonyl (C=O) groups excluding carboxylic acids is 1. The second-order valence-corrected chi connectivity index (χ2v) is 9.85. The number of nitrogens with one attached hydrogen (secondary N) is 3. The first-order chi connectivity index (χ1) is 14.9. The van der Waals surface area contributed by atoms with Crippen LogP contribution in [0.4, 0.5) is 16.8 Å². The molecule has 1 aliphatic carbocycles. The molecule has 0 unspecified atom stereocenters. The lowest BCUT2D eigenvalue weighted by Crippen LogP contribution is -2.35. The van der Waals surface area contributed by atoms with E-state index in [9.17, 15) is 9.90 Å². The molecule has 0 radical (unpaired) electrons. The number of ether oxygens (including phenoxy) is 1. The van der Waals surface area contributed by atoms with Gasteiger partial charge in [-0.25, -0.2) is 4.98 Å². The summed E-state index contributed by atoms with van der Waals surface area (Å²) in [6.07, 6.45) is 3.36. The average molecular weight is 462 g/mol. The molecule has 0 saturated heterocycles. The molecule has 4 rings (SSSR count). The topological polar surface area (TPSA) is 108 Å². The molecular formula is C21H27N5O3S2. The van der Waals surface area contributed by atoms with E-state index in [4.69, 9.17) is 9.72 Å². The number of fused-ring (bicyclic) bond motifs is 1. The van der Waals surface area contributed by atoms with E-state index in [1.54, 1.807) is 29.9 Å². The van der Waals surface area contributed by atoms with Crippen LogP contribution < -0.4 is 16.0 Å². The summed E-state index contributed by atoms with van der Waals surface area (Å²) in [6.45, 7) is 2.85. The quantitative estimate of drug-likeness (QED) is 0.376. The Kier molecular flexibility index (Phi) is 6.71. The summed E-state index contributed by atoms with van der Waals surface area (Å²) < 4.78 is 5.98. The van der Waals surface area contributed by atoms with Gasteiger partial charge in [-0.1, -0.05) is 0 Å². The predicted molar refractivity (Wildman–Crippen MR) is 126 cm³/mol. The molecule has 10 heteroatoms. The third-order valence-electron chi connectivity index (χ3n) is 5.40. The molecule has 0 spiro atoms. The van der Waals surface area contributed by atoms with Crippen LogP contribution in [0.15, 0.2) is 22.9 Å². The van der Waals surface area contributed by atoms with Crippen molar-refractivity contribution in [2.75, 3.05) is 30.9 Å². The summed E-state index contributed by atoms with van der Waals surface area (Å²) >= 11 is 3.04. The van der Waals surface area contributed by atoms with Crippen LogP contribution in [0.5, 0.6) is 0 Å². The normalized spacial score (nSPS) is 21.2. The molecule has 0 aromatic carbocycles. The van der Waals surface area contributed by atoms with E-state index in [1.165, 1.54) is 11.3 Å². The van der Waals surface area contributed by atoms with Gasteiger partial charge in [0.05, 0.1) is 33.0 Å². The van der Waals surface area contributed by atoms with E-state index in [0.717, 1.165) is 46.7 Å². The van der Waals surface area contributed by atoms with Crippen molar-refractivity contribution in [3.05, 3.63) is 28.5 Å². The number of aromatic nitrogens is 2. The second-order valence-electron chi connectivity index (χ2n) is 8.02. The Morgan fingerprint density at radius 1 is 1.32 bits per heavy atom. The summed E-state index contributed by atoms with van der Waals surface area (Å²) in [5.74, 6) is 1.17. The monoisotopic (exact) mass is 461 g/mol. The molecule has 0 aliphatic heterocycles. The van der Waals surface area contributed by atoms with E-state index in [0.29, 0.717) is 24.7 Å². The standard InChI is InChI=1S/C21H27N5O3S2/c1-21(28)6-3-14(4-7-21)23-18-17-15(5-10-30-17)24-20(26-18)25-16-11-13(12-31-16)19(27)22-8-9-29-2/h5,10-12,14,28H,3-4,6-9H2,1-2H3,(H,22,27)(H2,23,24,25,26)/t14-,21-. The van der Waals surface area contributed by atoms with Crippen LogP contribution in [-0.4, -0.2) is 52.9 Å². The Morgan fingerprint density at radius 2 is 2.13 bits per heavy atom. The fourth-order valence-electron chi connectivity index (χ4n) is 3.59.